The minimum atomic E-state index is 0.641. The second-order valence-corrected chi connectivity index (χ2v) is 6.28. The highest BCUT2D eigenvalue weighted by atomic mass is 16.5. The van der Waals surface area contributed by atoms with Crippen LogP contribution in [0.25, 0.3) is 0 Å². The lowest BCUT2D eigenvalue weighted by Gasteiger charge is -2.35. The van der Waals surface area contributed by atoms with Crippen LogP contribution in [0.1, 0.15) is 0 Å². The first-order valence-electron chi connectivity index (χ1n) is 8.98. The van der Waals surface area contributed by atoms with Crippen molar-refractivity contribution >= 4 is 23.1 Å². The van der Waals surface area contributed by atoms with Crippen LogP contribution < -0.4 is 19.9 Å². The first kappa shape index (κ1) is 17.1. The molecule has 4 rings (SSSR count). The number of rotatable bonds is 5. The maximum Gasteiger partial charge on any atom is 0.247 e. The van der Waals surface area contributed by atoms with Gasteiger partial charge in [0.2, 0.25) is 5.95 Å². The van der Waals surface area contributed by atoms with Gasteiger partial charge >= 0.3 is 0 Å². The van der Waals surface area contributed by atoms with Gasteiger partial charge in [0.25, 0.3) is 0 Å². The maximum absolute atomic E-state index is 5.38. The van der Waals surface area contributed by atoms with Crippen LogP contribution in [0.3, 0.4) is 0 Å². The van der Waals surface area contributed by atoms with E-state index in [1.54, 1.807) is 13.3 Å². The number of nitrogens with one attached hydrogen (secondary N) is 1. The van der Waals surface area contributed by atoms with Gasteiger partial charge in [-0.3, -0.25) is 0 Å². The Morgan fingerprint density at radius 3 is 2.37 bits per heavy atom. The van der Waals surface area contributed by atoms with Gasteiger partial charge in [-0.25, -0.2) is 0 Å². The zero-order chi connectivity index (χ0) is 18.5. The molecule has 1 aliphatic rings. The highest BCUT2D eigenvalue weighted by Gasteiger charge is 2.20. The normalized spacial score (nSPS) is 14.1. The van der Waals surface area contributed by atoms with E-state index in [2.05, 4.69) is 54.6 Å². The third kappa shape index (κ3) is 3.92. The van der Waals surface area contributed by atoms with Crippen LogP contribution in [0.2, 0.25) is 0 Å². The van der Waals surface area contributed by atoms with E-state index < -0.39 is 0 Å². The molecule has 1 aromatic heterocycles. The maximum atomic E-state index is 5.38. The number of ether oxygens (including phenoxy) is 1. The predicted molar refractivity (Wildman–Crippen MR) is 107 cm³/mol. The highest BCUT2D eigenvalue weighted by Crippen LogP contribution is 2.26. The lowest BCUT2D eigenvalue weighted by molar-refractivity contribution is 0.417. The number of piperazine rings is 1. The summed E-state index contributed by atoms with van der Waals surface area (Å²) in [6.07, 6.45) is 1.62. The molecular formula is C20H22N6O. The molecule has 2 heterocycles. The molecule has 0 amide bonds. The third-order valence-corrected chi connectivity index (χ3v) is 4.60. The number of hydrogen-bond acceptors (Lipinski definition) is 7. The fourth-order valence-corrected chi connectivity index (χ4v) is 3.18. The van der Waals surface area contributed by atoms with Crippen molar-refractivity contribution in [1.29, 1.82) is 0 Å². The molecule has 7 nitrogen and oxygen atoms in total. The molecule has 1 aliphatic heterocycles. The molecule has 0 radical (unpaired) electrons. The van der Waals surface area contributed by atoms with Crippen molar-refractivity contribution < 1.29 is 4.74 Å². The number of anilines is 4. The zero-order valence-corrected chi connectivity index (χ0v) is 15.2. The van der Waals surface area contributed by atoms with Crippen molar-refractivity contribution in [3.8, 4) is 5.75 Å². The van der Waals surface area contributed by atoms with Gasteiger partial charge in [-0.2, -0.15) is 10.1 Å². The van der Waals surface area contributed by atoms with E-state index in [-0.39, 0.29) is 0 Å². The van der Waals surface area contributed by atoms with E-state index in [1.165, 1.54) is 5.69 Å². The van der Waals surface area contributed by atoms with Crippen LogP contribution in [0.4, 0.5) is 23.1 Å². The molecular weight excluding hydrogens is 340 g/mol. The van der Waals surface area contributed by atoms with Crippen molar-refractivity contribution in [3.63, 3.8) is 0 Å². The van der Waals surface area contributed by atoms with Gasteiger partial charge in [0, 0.05) is 31.9 Å². The van der Waals surface area contributed by atoms with E-state index in [9.17, 15) is 0 Å². The lowest BCUT2D eigenvalue weighted by atomic mass is 10.2. The minimum Gasteiger partial charge on any atom is -0.495 e. The SMILES string of the molecule is COc1ccccc1Nc1cnnc(N2CCN(c3ccccc3)CC2)n1. The van der Waals surface area contributed by atoms with E-state index >= 15 is 0 Å². The number of para-hydroxylation sites is 3. The highest BCUT2D eigenvalue weighted by molar-refractivity contribution is 5.64. The summed E-state index contributed by atoms with van der Waals surface area (Å²) < 4.78 is 5.38. The number of benzene rings is 2. The van der Waals surface area contributed by atoms with Crippen LogP contribution in [-0.2, 0) is 0 Å². The van der Waals surface area contributed by atoms with Crippen molar-refractivity contribution in [2.45, 2.75) is 0 Å². The van der Waals surface area contributed by atoms with Crippen LogP contribution in [0.15, 0.2) is 60.8 Å². The molecule has 27 heavy (non-hydrogen) atoms. The molecule has 138 valence electrons. The van der Waals surface area contributed by atoms with Gasteiger partial charge in [-0.15, -0.1) is 5.10 Å². The molecule has 7 heteroatoms. The molecule has 1 saturated heterocycles. The summed E-state index contributed by atoms with van der Waals surface area (Å²) in [5, 5.41) is 11.6. The number of methoxy groups -OCH3 is 1. The Morgan fingerprint density at radius 2 is 1.59 bits per heavy atom. The van der Waals surface area contributed by atoms with Crippen LogP contribution in [0, 0.1) is 0 Å². The van der Waals surface area contributed by atoms with Gasteiger partial charge in [0.05, 0.1) is 19.0 Å². The average Bonchev–Trinajstić information content (AvgIpc) is 2.75. The Morgan fingerprint density at radius 1 is 0.889 bits per heavy atom. The molecule has 3 aromatic rings. The Labute approximate surface area is 158 Å². The van der Waals surface area contributed by atoms with E-state index in [4.69, 9.17) is 4.74 Å². The molecule has 1 fully saturated rings. The van der Waals surface area contributed by atoms with E-state index in [1.807, 2.05) is 30.3 Å². The Balaban J connectivity index is 1.44. The number of aromatic nitrogens is 3. The van der Waals surface area contributed by atoms with Crippen molar-refractivity contribution in [3.05, 3.63) is 60.8 Å². The quantitative estimate of drug-likeness (QED) is 0.748. The summed E-state index contributed by atoms with van der Waals surface area (Å²) in [4.78, 5) is 9.17. The van der Waals surface area contributed by atoms with Crippen LogP contribution >= 0.6 is 0 Å². The monoisotopic (exact) mass is 362 g/mol. The minimum absolute atomic E-state index is 0.641. The first-order valence-corrected chi connectivity index (χ1v) is 8.98. The fourth-order valence-electron chi connectivity index (χ4n) is 3.18. The summed E-state index contributed by atoms with van der Waals surface area (Å²) in [7, 11) is 1.65. The molecule has 2 aromatic carbocycles. The molecule has 0 bridgehead atoms. The molecule has 0 saturated carbocycles. The topological polar surface area (TPSA) is 66.4 Å². The average molecular weight is 362 g/mol. The second-order valence-electron chi connectivity index (χ2n) is 6.28. The summed E-state index contributed by atoms with van der Waals surface area (Å²) in [5.41, 5.74) is 2.10. The van der Waals surface area contributed by atoms with Gasteiger partial charge in [-0.1, -0.05) is 30.3 Å². The number of nitrogens with zero attached hydrogens (tertiary/aromatic N) is 5. The van der Waals surface area contributed by atoms with Crippen molar-refractivity contribution in [2.24, 2.45) is 0 Å². The predicted octanol–water partition coefficient (Wildman–Crippen LogP) is 2.95. The van der Waals surface area contributed by atoms with Crippen LogP contribution in [-0.4, -0.2) is 48.5 Å². The van der Waals surface area contributed by atoms with Crippen molar-refractivity contribution in [1.82, 2.24) is 15.2 Å². The smallest absolute Gasteiger partial charge is 0.247 e. The van der Waals surface area contributed by atoms with E-state index in [0.29, 0.717) is 11.8 Å². The van der Waals surface area contributed by atoms with Gasteiger partial charge < -0.3 is 19.9 Å². The molecule has 0 atom stereocenters. The molecule has 0 aliphatic carbocycles. The largest absolute Gasteiger partial charge is 0.495 e. The molecule has 0 spiro atoms. The van der Waals surface area contributed by atoms with Gasteiger partial charge in [0.15, 0.2) is 5.82 Å². The summed E-state index contributed by atoms with van der Waals surface area (Å²) in [6.45, 7) is 3.57. The van der Waals surface area contributed by atoms with Gasteiger partial charge in [0.1, 0.15) is 5.75 Å². The molecule has 0 unspecified atom stereocenters. The van der Waals surface area contributed by atoms with Gasteiger partial charge in [-0.05, 0) is 24.3 Å². The van der Waals surface area contributed by atoms with E-state index in [0.717, 1.165) is 37.6 Å². The standard InChI is InChI=1S/C20H22N6O/c1-27-18-10-6-5-9-17(18)22-19-15-21-24-20(23-19)26-13-11-25(12-14-26)16-7-3-2-4-8-16/h2-10,15H,11-14H2,1H3,(H,22,23,24). The summed E-state index contributed by atoms with van der Waals surface area (Å²) >= 11 is 0. The Bertz CT molecular complexity index is 880. The summed E-state index contributed by atoms with van der Waals surface area (Å²) in [6, 6.07) is 18.2. The molecule has 1 N–H and O–H groups in total. The Kier molecular flexibility index (Phi) is 5.00. The number of hydrogen-bond donors (Lipinski definition) is 1. The van der Waals surface area contributed by atoms with Crippen LogP contribution in [0.5, 0.6) is 5.75 Å². The zero-order valence-electron chi connectivity index (χ0n) is 15.2. The fraction of sp³-hybridized carbons (Fsp3) is 0.250. The second kappa shape index (κ2) is 7.90. The third-order valence-electron chi connectivity index (χ3n) is 4.60. The Hall–Kier alpha value is -3.35. The summed E-state index contributed by atoms with van der Waals surface area (Å²) in [5.74, 6) is 2.05. The lowest BCUT2D eigenvalue weighted by Crippen LogP contribution is -2.47. The van der Waals surface area contributed by atoms with Crippen molar-refractivity contribution in [2.75, 3.05) is 48.4 Å². The first-order chi connectivity index (χ1) is 13.3.